The monoisotopic (exact) mass is 388 g/mol. The summed E-state index contributed by atoms with van der Waals surface area (Å²) in [4.78, 5) is 39.6. The molecule has 150 valence electrons. The Hall–Kier alpha value is -2.32. The molecule has 0 unspecified atom stereocenters. The number of aryl methyl sites for hydroxylation is 1. The summed E-state index contributed by atoms with van der Waals surface area (Å²) in [5.41, 5.74) is 1.24. The number of hydrogen-bond donors (Lipinski definition) is 1. The number of aromatic amines is 1. The Kier molecular flexibility index (Phi) is 6.01. The first-order valence-electron chi connectivity index (χ1n) is 8.65. The minimum Gasteiger partial charge on any atom is -0.451 e. The van der Waals surface area contributed by atoms with Crippen molar-refractivity contribution in [2.24, 2.45) is 5.92 Å². The van der Waals surface area contributed by atoms with Crippen LogP contribution in [0.3, 0.4) is 0 Å². The number of hydrogen-bond acceptors (Lipinski definition) is 4. The second kappa shape index (κ2) is 7.74. The summed E-state index contributed by atoms with van der Waals surface area (Å²) in [6.07, 6.45) is -2.99. The molecule has 1 heterocycles. The van der Waals surface area contributed by atoms with Gasteiger partial charge in [-0.1, -0.05) is 0 Å². The number of H-pyrrole nitrogens is 1. The number of halogens is 3. The third kappa shape index (κ3) is 5.11. The third-order valence-electron chi connectivity index (χ3n) is 4.79. The first-order valence-corrected chi connectivity index (χ1v) is 8.65. The molecule has 0 radical (unpaired) electrons. The van der Waals surface area contributed by atoms with Gasteiger partial charge in [0.2, 0.25) is 0 Å². The average Bonchev–Trinajstić information content (AvgIpc) is 3.33. The second-order valence-corrected chi connectivity index (χ2v) is 6.97. The van der Waals surface area contributed by atoms with Crippen LogP contribution in [0.1, 0.15) is 58.8 Å². The van der Waals surface area contributed by atoms with Crippen molar-refractivity contribution in [3.05, 3.63) is 22.5 Å². The van der Waals surface area contributed by atoms with Crippen molar-refractivity contribution in [1.29, 1.82) is 0 Å². The molecular weight excluding hydrogens is 365 g/mol. The predicted molar refractivity (Wildman–Crippen MR) is 90.5 cm³/mol. The summed E-state index contributed by atoms with van der Waals surface area (Å²) in [6.45, 7) is 3.93. The number of nitrogens with one attached hydrogen (secondary N) is 1. The Morgan fingerprint density at radius 3 is 2.30 bits per heavy atom. The number of carbonyl (C=O) groups is 3. The molecule has 1 aromatic rings. The van der Waals surface area contributed by atoms with Crippen molar-refractivity contribution in [2.45, 2.75) is 52.8 Å². The van der Waals surface area contributed by atoms with Gasteiger partial charge in [-0.25, -0.2) is 4.79 Å². The van der Waals surface area contributed by atoms with Gasteiger partial charge < -0.3 is 14.6 Å². The van der Waals surface area contributed by atoms with Gasteiger partial charge >= 0.3 is 12.1 Å². The van der Waals surface area contributed by atoms with Crippen LogP contribution in [0.15, 0.2) is 0 Å². The number of amides is 1. The number of Topliss-reactive ketones (excluding diaryl/α,β-unsaturated/α-hetero) is 1. The van der Waals surface area contributed by atoms with Crippen molar-refractivity contribution >= 4 is 17.7 Å². The van der Waals surface area contributed by atoms with Gasteiger partial charge in [0.1, 0.15) is 12.2 Å². The standard InChI is InChI=1S/C18H23F3N2O4/c1-9-15(12(4)24)10(2)22-16(9)17(26)27-7-14(25)23(8-18(19,20)21)11(3)13-5-6-13/h11,13,22H,5-8H2,1-4H3/t11-/m1/s1. The maximum absolute atomic E-state index is 12.8. The highest BCUT2D eigenvalue weighted by Gasteiger charge is 2.40. The zero-order chi connectivity index (χ0) is 20.5. The highest BCUT2D eigenvalue weighted by Crippen LogP contribution is 2.36. The maximum Gasteiger partial charge on any atom is 0.406 e. The van der Waals surface area contributed by atoms with E-state index in [0.29, 0.717) is 16.8 Å². The van der Waals surface area contributed by atoms with Gasteiger partial charge in [-0.2, -0.15) is 13.2 Å². The molecule has 9 heteroatoms. The van der Waals surface area contributed by atoms with Crippen molar-refractivity contribution in [3.63, 3.8) is 0 Å². The summed E-state index contributed by atoms with van der Waals surface area (Å²) in [5.74, 6) is -1.97. The average molecular weight is 388 g/mol. The van der Waals surface area contributed by atoms with E-state index in [0.717, 1.165) is 17.7 Å². The lowest BCUT2D eigenvalue weighted by atomic mass is 10.1. The van der Waals surface area contributed by atoms with E-state index in [1.165, 1.54) is 6.92 Å². The highest BCUT2D eigenvalue weighted by atomic mass is 19.4. The Labute approximate surface area is 155 Å². The molecule has 1 amide bonds. The fraction of sp³-hybridized carbons (Fsp3) is 0.611. The van der Waals surface area contributed by atoms with E-state index in [-0.39, 0.29) is 17.4 Å². The molecule has 1 aromatic heterocycles. The fourth-order valence-corrected chi connectivity index (χ4v) is 3.25. The number of nitrogens with zero attached hydrogens (tertiary/aromatic N) is 1. The molecule has 6 nitrogen and oxygen atoms in total. The number of rotatable bonds is 7. The quantitative estimate of drug-likeness (QED) is 0.575. The van der Waals surface area contributed by atoms with Crippen LogP contribution in [0.25, 0.3) is 0 Å². The van der Waals surface area contributed by atoms with Gasteiger partial charge in [0, 0.05) is 17.3 Å². The Morgan fingerprint density at radius 2 is 1.85 bits per heavy atom. The van der Waals surface area contributed by atoms with E-state index < -0.39 is 37.2 Å². The largest absolute Gasteiger partial charge is 0.451 e. The molecule has 1 saturated carbocycles. The molecular formula is C18H23F3N2O4. The van der Waals surface area contributed by atoms with Crippen LogP contribution in [0.2, 0.25) is 0 Å². The van der Waals surface area contributed by atoms with E-state index in [4.69, 9.17) is 4.74 Å². The number of aromatic nitrogens is 1. The van der Waals surface area contributed by atoms with E-state index in [1.54, 1.807) is 20.8 Å². The zero-order valence-electron chi connectivity index (χ0n) is 15.7. The minimum absolute atomic E-state index is 0.0168. The van der Waals surface area contributed by atoms with Gasteiger partial charge in [-0.05, 0) is 52.0 Å². The smallest absolute Gasteiger partial charge is 0.406 e. The zero-order valence-corrected chi connectivity index (χ0v) is 15.7. The predicted octanol–water partition coefficient (Wildman–Crippen LogP) is 3.18. The van der Waals surface area contributed by atoms with E-state index in [1.807, 2.05) is 0 Å². The molecule has 1 aliphatic carbocycles. The second-order valence-electron chi connectivity index (χ2n) is 6.97. The summed E-state index contributed by atoms with van der Waals surface area (Å²) in [5, 5.41) is 0. The van der Waals surface area contributed by atoms with Crippen LogP contribution in [0, 0.1) is 19.8 Å². The molecule has 27 heavy (non-hydrogen) atoms. The van der Waals surface area contributed by atoms with Crippen LogP contribution < -0.4 is 0 Å². The van der Waals surface area contributed by atoms with Gasteiger partial charge in [0.25, 0.3) is 5.91 Å². The Bertz CT molecular complexity index is 751. The number of esters is 1. The molecule has 2 rings (SSSR count). The first kappa shape index (κ1) is 21.0. The van der Waals surface area contributed by atoms with E-state index in [2.05, 4.69) is 4.98 Å². The van der Waals surface area contributed by atoms with Gasteiger partial charge in [-0.15, -0.1) is 0 Å². The van der Waals surface area contributed by atoms with E-state index >= 15 is 0 Å². The van der Waals surface area contributed by atoms with Crippen LogP contribution in [-0.4, -0.2) is 52.9 Å². The molecule has 0 aliphatic heterocycles. The summed E-state index contributed by atoms with van der Waals surface area (Å²) < 4.78 is 43.4. The SMILES string of the molecule is CC(=O)c1c(C)[nH]c(C(=O)OCC(=O)N(CC(F)(F)F)[C@H](C)C2CC2)c1C. The minimum atomic E-state index is -4.54. The number of carbonyl (C=O) groups excluding carboxylic acids is 3. The van der Waals surface area contributed by atoms with Crippen LogP contribution >= 0.6 is 0 Å². The van der Waals surface area contributed by atoms with Crippen molar-refractivity contribution in [3.8, 4) is 0 Å². The molecule has 1 atom stereocenters. The molecule has 0 aromatic carbocycles. The fourth-order valence-electron chi connectivity index (χ4n) is 3.25. The van der Waals surface area contributed by atoms with E-state index in [9.17, 15) is 27.6 Å². The van der Waals surface area contributed by atoms with Gasteiger partial charge in [0.05, 0.1) is 0 Å². The van der Waals surface area contributed by atoms with Crippen LogP contribution in [-0.2, 0) is 9.53 Å². The van der Waals surface area contributed by atoms with Crippen LogP contribution in [0.5, 0.6) is 0 Å². The Balaban J connectivity index is 2.07. The molecule has 1 fully saturated rings. The molecule has 0 bridgehead atoms. The molecule has 0 saturated heterocycles. The topological polar surface area (TPSA) is 79.5 Å². The summed E-state index contributed by atoms with van der Waals surface area (Å²) in [7, 11) is 0. The molecule has 1 aliphatic rings. The number of alkyl halides is 3. The van der Waals surface area contributed by atoms with Crippen LogP contribution in [0.4, 0.5) is 13.2 Å². The van der Waals surface area contributed by atoms with Gasteiger partial charge in [-0.3, -0.25) is 9.59 Å². The van der Waals surface area contributed by atoms with Crippen molar-refractivity contribution in [1.82, 2.24) is 9.88 Å². The highest BCUT2D eigenvalue weighted by molar-refractivity contribution is 6.01. The molecule has 1 N–H and O–H groups in total. The lowest BCUT2D eigenvalue weighted by Gasteiger charge is -2.30. The number of ether oxygens (including phenoxy) is 1. The number of ketones is 1. The lowest BCUT2D eigenvalue weighted by molar-refractivity contribution is -0.167. The maximum atomic E-state index is 12.8. The first-order chi connectivity index (χ1) is 12.4. The van der Waals surface area contributed by atoms with Crippen molar-refractivity contribution in [2.75, 3.05) is 13.2 Å². The molecule has 0 spiro atoms. The summed E-state index contributed by atoms with van der Waals surface area (Å²) in [6, 6.07) is -0.573. The van der Waals surface area contributed by atoms with Crippen molar-refractivity contribution < 1.29 is 32.3 Å². The summed E-state index contributed by atoms with van der Waals surface area (Å²) >= 11 is 0. The normalized spacial score (nSPS) is 15.4. The van der Waals surface area contributed by atoms with Gasteiger partial charge in [0.15, 0.2) is 12.4 Å². The third-order valence-corrected chi connectivity index (χ3v) is 4.79. The lowest BCUT2D eigenvalue weighted by Crippen LogP contribution is -2.47. The Morgan fingerprint density at radius 1 is 1.26 bits per heavy atom.